The second-order valence-corrected chi connectivity index (χ2v) is 6.12. The first-order valence-corrected chi connectivity index (χ1v) is 6.56. The lowest BCUT2D eigenvalue weighted by atomic mass is 9.79. The van der Waals surface area contributed by atoms with Crippen molar-refractivity contribution in [2.24, 2.45) is 0 Å². The second kappa shape index (κ2) is 4.50. The summed E-state index contributed by atoms with van der Waals surface area (Å²) >= 11 is 0. The number of hydrogen-bond donors (Lipinski definition) is 0. The van der Waals surface area contributed by atoms with Crippen LogP contribution >= 0.6 is 0 Å². The predicted molar refractivity (Wildman–Crippen MR) is 71.8 cm³/mol. The lowest BCUT2D eigenvalue weighted by Crippen LogP contribution is -2.55. The molecule has 20 heavy (non-hydrogen) atoms. The number of amides is 1. The molecule has 0 saturated heterocycles. The van der Waals surface area contributed by atoms with Gasteiger partial charge in [0.1, 0.15) is 0 Å². The number of rotatable bonds is 0. The highest BCUT2D eigenvalue weighted by Gasteiger charge is 2.50. The van der Waals surface area contributed by atoms with E-state index in [9.17, 15) is 18.0 Å². The Hall–Kier alpha value is -1.52. The van der Waals surface area contributed by atoms with Crippen molar-refractivity contribution < 1.29 is 18.0 Å². The van der Waals surface area contributed by atoms with Crippen molar-refractivity contribution in [2.75, 3.05) is 4.90 Å². The van der Waals surface area contributed by atoms with Gasteiger partial charge in [0, 0.05) is 11.2 Å². The highest BCUT2D eigenvalue weighted by atomic mass is 19.4. The van der Waals surface area contributed by atoms with Crippen LogP contribution in [-0.2, 0) is 4.79 Å². The van der Waals surface area contributed by atoms with E-state index in [4.69, 9.17) is 0 Å². The molecule has 0 bridgehead atoms. The fourth-order valence-electron chi connectivity index (χ4n) is 3.05. The Balaban J connectivity index is 2.62. The SMILES string of the molecule is Cc1ccc2c(c1)N(C(=O)C(F)(F)F)C(C)(C)CC2C. The van der Waals surface area contributed by atoms with Crippen LogP contribution in [0.15, 0.2) is 18.2 Å². The van der Waals surface area contributed by atoms with Crippen LogP contribution in [0.2, 0.25) is 0 Å². The first-order valence-electron chi connectivity index (χ1n) is 6.56. The van der Waals surface area contributed by atoms with Crippen molar-refractivity contribution in [3.05, 3.63) is 29.3 Å². The predicted octanol–water partition coefficient (Wildman–Crippen LogP) is 4.18. The van der Waals surface area contributed by atoms with Crippen molar-refractivity contribution in [3.63, 3.8) is 0 Å². The maximum atomic E-state index is 12.9. The molecular weight excluding hydrogens is 267 g/mol. The number of alkyl halides is 3. The highest BCUT2D eigenvalue weighted by molar-refractivity contribution is 5.99. The van der Waals surface area contributed by atoms with Gasteiger partial charge in [-0.3, -0.25) is 9.69 Å². The van der Waals surface area contributed by atoms with E-state index in [1.54, 1.807) is 19.9 Å². The molecule has 0 spiro atoms. The monoisotopic (exact) mass is 285 g/mol. The second-order valence-electron chi connectivity index (χ2n) is 6.12. The van der Waals surface area contributed by atoms with Crippen molar-refractivity contribution in [1.82, 2.24) is 0 Å². The van der Waals surface area contributed by atoms with Crippen LogP contribution in [0.5, 0.6) is 0 Å². The van der Waals surface area contributed by atoms with E-state index in [0.717, 1.165) is 16.0 Å². The summed E-state index contributed by atoms with van der Waals surface area (Å²) in [6.07, 6.45) is -4.36. The van der Waals surface area contributed by atoms with Crippen LogP contribution in [0.4, 0.5) is 18.9 Å². The van der Waals surface area contributed by atoms with Crippen LogP contribution in [0.3, 0.4) is 0 Å². The summed E-state index contributed by atoms with van der Waals surface area (Å²) in [6, 6.07) is 5.35. The van der Waals surface area contributed by atoms with E-state index < -0.39 is 17.6 Å². The minimum absolute atomic E-state index is 0.123. The summed E-state index contributed by atoms with van der Waals surface area (Å²) in [5.41, 5.74) is 1.17. The topological polar surface area (TPSA) is 20.3 Å². The molecule has 1 amide bonds. The third kappa shape index (κ3) is 2.41. The van der Waals surface area contributed by atoms with Gasteiger partial charge >= 0.3 is 12.1 Å². The van der Waals surface area contributed by atoms with Gasteiger partial charge in [-0.1, -0.05) is 19.1 Å². The summed E-state index contributed by atoms with van der Waals surface area (Å²) in [4.78, 5) is 12.7. The number of hydrogen-bond acceptors (Lipinski definition) is 1. The quantitative estimate of drug-likeness (QED) is 0.700. The Morgan fingerprint density at radius 2 is 1.95 bits per heavy atom. The van der Waals surface area contributed by atoms with Crippen molar-refractivity contribution in [2.45, 2.75) is 51.7 Å². The average molecular weight is 285 g/mol. The minimum atomic E-state index is -4.86. The van der Waals surface area contributed by atoms with Gasteiger partial charge in [0.25, 0.3) is 0 Å². The number of carbonyl (C=O) groups excluding carboxylic acids is 1. The van der Waals surface area contributed by atoms with Crippen LogP contribution in [0.25, 0.3) is 0 Å². The maximum Gasteiger partial charge on any atom is 0.471 e. The molecule has 0 radical (unpaired) electrons. The molecule has 1 aliphatic rings. The molecule has 110 valence electrons. The molecule has 2 nitrogen and oxygen atoms in total. The normalized spacial score (nSPS) is 21.6. The molecule has 1 aromatic rings. The average Bonchev–Trinajstić information content (AvgIpc) is 2.25. The van der Waals surface area contributed by atoms with Gasteiger partial charge in [-0.2, -0.15) is 13.2 Å². The largest absolute Gasteiger partial charge is 0.471 e. The molecule has 0 saturated carbocycles. The zero-order valence-electron chi connectivity index (χ0n) is 12.0. The van der Waals surface area contributed by atoms with E-state index in [0.29, 0.717) is 12.1 Å². The zero-order chi connectivity index (χ0) is 15.3. The van der Waals surface area contributed by atoms with E-state index in [1.165, 1.54) is 0 Å². The number of benzene rings is 1. The lowest BCUT2D eigenvalue weighted by Gasteiger charge is -2.46. The fraction of sp³-hybridized carbons (Fsp3) is 0.533. The Bertz CT molecular complexity index is 549. The first-order chi connectivity index (χ1) is 9.04. The van der Waals surface area contributed by atoms with E-state index in [-0.39, 0.29) is 5.92 Å². The maximum absolute atomic E-state index is 12.9. The van der Waals surface area contributed by atoms with Gasteiger partial charge in [-0.15, -0.1) is 0 Å². The Morgan fingerprint density at radius 1 is 1.35 bits per heavy atom. The molecule has 1 unspecified atom stereocenters. The highest BCUT2D eigenvalue weighted by Crippen LogP contribution is 2.45. The van der Waals surface area contributed by atoms with E-state index >= 15 is 0 Å². The number of aryl methyl sites for hydroxylation is 1. The first kappa shape index (κ1) is 14.9. The van der Waals surface area contributed by atoms with Gasteiger partial charge in [0.05, 0.1) is 0 Å². The van der Waals surface area contributed by atoms with Crippen LogP contribution in [0.1, 0.15) is 44.2 Å². The number of anilines is 1. The molecule has 0 aromatic heterocycles. The van der Waals surface area contributed by atoms with E-state index in [1.807, 2.05) is 26.0 Å². The number of nitrogens with zero attached hydrogens (tertiary/aromatic N) is 1. The summed E-state index contributed by atoms with van der Waals surface area (Å²) in [6.45, 7) is 7.14. The zero-order valence-corrected chi connectivity index (χ0v) is 12.0. The summed E-state index contributed by atoms with van der Waals surface area (Å²) in [7, 11) is 0. The molecule has 5 heteroatoms. The van der Waals surface area contributed by atoms with Crippen LogP contribution in [-0.4, -0.2) is 17.6 Å². The third-order valence-electron chi connectivity index (χ3n) is 3.81. The van der Waals surface area contributed by atoms with Crippen molar-refractivity contribution in [3.8, 4) is 0 Å². The van der Waals surface area contributed by atoms with Gasteiger partial charge in [-0.25, -0.2) is 0 Å². The molecule has 0 N–H and O–H groups in total. The van der Waals surface area contributed by atoms with Crippen molar-refractivity contribution in [1.29, 1.82) is 0 Å². The minimum Gasteiger partial charge on any atom is -0.299 e. The third-order valence-corrected chi connectivity index (χ3v) is 3.81. The Labute approximate surface area is 116 Å². The van der Waals surface area contributed by atoms with Crippen molar-refractivity contribution >= 4 is 11.6 Å². The molecule has 1 heterocycles. The van der Waals surface area contributed by atoms with Gasteiger partial charge in [0.2, 0.25) is 0 Å². The Morgan fingerprint density at radius 3 is 2.50 bits per heavy atom. The number of halogens is 3. The fourth-order valence-corrected chi connectivity index (χ4v) is 3.05. The number of fused-ring (bicyclic) bond motifs is 1. The molecule has 2 rings (SSSR count). The molecule has 1 atom stereocenters. The standard InChI is InChI=1S/C15H18F3NO/c1-9-5-6-11-10(2)8-14(3,4)19(12(11)7-9)13(20)15(16,17)18/h5-7,10H,8H2,1-4H3. The summed E-state index contributed by atoms with van der Waals surface area (Å²) in [5, 5.41) is 0. The Kier molecular flexibility index (Phi) is 3.35. The summed E-state index contributed by atoms with van der Waals surface area (Å²) < 4.78 is 38.6. The number of carbonyl (C=O) groups is 1. The van der Waals surface area contributed by atoms with Crippen LogP contribution < -0.4 is 4.90 Å². The van der Waals surface area contributed by atoms with E-state index in [2.05, 4.69) is 0 Å². The molecule has 0 fully saturated rings. The molecular formula is C15H18F3NO. The summed E-state index contributed by atoms with van der Waals surface area (Å²) in [5.74, 6) is -1.67. The van der Waals surface area contributed by atoms with Gasteiger partial charge in [-0.05, 0) is 50.3 Å². The van der Waals surface area contributed by atoms with Crippen LogP contribution in [0, 0.1) is 6.92 Å². The smallest absolute Gasteiger partial charge is 0.299 e. The molecule has 0 aliphatic carbocycles. The van der Waals surface area contributed by atoms with Gasteiger partial charge in [0.15, 0.2) is 0 Å². The molecule has 1 aliphatic heterocycles. The lowest BCUT2D eigenvalue weighted by molar-refractivity contribution is -0.171. The van der Waals surface area contributed by atoms with Gasteiger partial charge < -0.3 is 0 Å². The molecule has 1 aromatic carbocycles.